The molecule has 0 saturated carbocycles. The Morgan fingerprint density at radius 1 is 1.24 bits per heavy atom. The van der Waals surface area contributed by atoms with Crippen LogP contribution in [0.2, 0.25) is 0 Å². The van der Waals surface area contributed by atoms with Crippen molar-refractivity contribution >= 4 is 5.78 Å². The van der Waals surface area contributed by atoms with Gasteiger partial charge in [-0.15, -0.1) is 0 Å². The van der Waals surface area contributed by atoms with Crippen LogP contribution in [0.4, 0.5) is 22.0 Å². The van der Waals surface area contributed by atoms with Gasteiger partial charge in [-0.25, -0.2) is 8.78 Å². The average Bonchev–Trinajstić information content (AvgIpc) is 2.13. The molecule has 1 aromatic carbocycles. The molecule has 0 heterocycles. The normalized spacial score (nSPS) is 12.0. The Balaban J connectivity index is 3.55. The molecule has 0 aliphatic heterocycles. The quantitative estimate of drug-likeness (QED) is 0.570. The monoisotopic (exact) mass is 252 g/mol. The summed E-state index contributed by atoms with van der Waals surface area (Å²) in [5.41, 5.74) is -3.04. The fourth-order valence-electron chi connectivity index (χ4n) is 1.58. The van der Waals surface area contributed by atoms with E-state index in [-0.39, 0.29) is 11.1 Å². The third-order valence-electron chi connectivity index (χ3n) is 2.29. The van der Waals surface area contributed by atoms with E-state index in [1.807, 2.05) is 0 Å². The molecule has 0 atom stereocenters. The Bertz CT molecular complexity index is 448. The highest BCUT2D eigenvalue weighted by Crippen LogP contribution is 2.39. The molecule has 0 saturated heterocycles. The van der Waals surface area contributed by atoms with Gasteiger partial charge in [0, 0.05) is 11.1 Å². The van der Waals surface area contributed by atoms with Gasteiger partial charge < -0.3 is 0 Å². The topological polar surface area (TPSA) is 17.1 Å². The molecule has 0 bridgehead atoms. The second-order valence-corrected chi connectivity index (χ2v) is 3.61. The molecule has 1 rings (SSSR count). The largest absolute Gasteiger partial charge is 0.417 e. The molecule has 0 aliphatic rings. The van der Waals surface area contributed by atoms with Crippen molar-refractivity contribution in [2.24, 2.45) is 0 Å². The third kappa shape index (κ3) is 2.81. The van der Waals surface area contributed by atoms with Crippen LogP contribution in [-0.2, 0) is 6.18 Å². The maximum absolute atomic E-state index is 12.6. The summed E-state index contributed by atoms with van der Waals surface area (Å²) in [5, 5.41) is 0. The number of hydrogen-bond acceptors (Lipinski definition) is 1. The minimum absolute atomic E-state index is 0.147. The van der Waals surface area contributed by atoms with Crippen molar-refractivity contribution in [3.8, 4) is 0 Å². The predicted molar refractivity (Wildman–Crippen MR) is 51.1 cm³/mol. The standard InChI is InChI=1S/C11H9F5O/c1-5-3-7(6(2)17)4-8(10(12)13)9(5)11(14,15)16/h3-4,10H,1-2H3. The molecule has 1 nitrogen and oxygen atoms in total. The molecule has 17 heavy (non-hydrogen) atoms. The Hall–Kier alpha value is -1.46. The van der Waals surface area contributed by atoms with Crippen LogP contribution >= 0.6 is 0 Å². The number of Topliss-reactive ketones (excluding diaryl/α,β-unsaturated/α-hetero) is 1. The lowest BCUT2D eigenvalue weighted by atomic mass is 9.96. The highest BCUT2D eigenvalue weighted by Gasteiger charge is 2.37. The van der Waals surface area contributed by atoms with Crippen LogP contribution in [0.1, 0.15) is 40.4 Å². The maximum Gasteiger partial charge on any atom is 0.417 e. The highest BCUT2D eigenvalue weighted by molar-refractivity contribution is 5.94. The average molecular weight is 252 g/mol. The fraction of sp³-hybridized carbons (Fsp3) is 0.364. The Morgan fingerprint density at radius 3 is 2.12 bits per heavy atom. The van der Waals surface area contributed by atoms with E-state index in [0.717, 1.165) is 19.9 Å². The van der Waals surface area contributed by atoms with Crippen molar-refractivity contribution in [3.63, 3.8) is 0 Å². The number of carbonyl (C=O) groups is 1. The molecule has 0 aromatic heterocycles. The number of hydrogen-bond donors (Lipinski definition) is 0. The van der Waals surface area contributed by atoms with Gasteiger partial charge in [-0.2, -0.15) is 13.2 Å². The summed E-state index contributed by atoms with van der Waals surface area (Å²) >= 11 is 0. The number of aryl methyl sites for hydroxylation is 1. The summed E-state index contributed by atoms with van der Waals surface area (Å²) in [4.78, 5) is 11.0. The summed E-state index contributed by atoms with van der Waals surface area (Å²) in [6, 6.07) is 1.57. The molecule has 0 radical (unpaired) electrons. The van der Waals surface area contributed by atoms with Crippen molar-refractivity contribution < 1.29 is 26.7 Å². The number of halogens is 5. The van der Waals surface area contributed by atoms with Gasteiger partial charge in [-0.3, -0.25) is 4.79 Å². The summed E-state index contributed by atoms with van der Waals surface area (Å²) in [5.74, 6) is -0.552. The molecule has 94 valence electrons. The second-order valence-electron chi connectivity index (χ2n) is 3.61. The minimum Gasteiger partial charge on any atom is -0.295 e. The molecule has 0 fully saturated rings. The zero-order valence-corrected chi connectivity index (χ0v) is 9.03. The van der Waals surface area contributed by atoms with Crippen LogP contribution < -0.4 is 0 Å². The lowest BCUT2D eigenvalue weighted by molar-refractivity contribution is -0.140. The Labute approximate surface area is 94.2 Å². The van der Waals surface area contributed by atoms with Crippen molar-refractivity contribution in [1.29, 1.82) is 0 Å². The van der Waals surface area contributed by atoms with Crippen molar-refractivity contribution in [3.05, 3.63) is 34.4 Å². The molecule has 0 unspecified atom stereocenters. The molecule has 6 heteroatoms. The maximum atomic E-state index is 12.6. The predicted octanol–water partition coefficient (Wildman–Crippen LogP) is 4.15. The summed E-state index contributed by atoms with van der Waals surface area (Å²) in [6.45, 7) is 2.17. The van der Waals surface area contributed by atoms with Gasteiger partial charge >= 0.3 is 6.18 Å². The summed E-state index contributed by atoms with van der Waals surface area (Å²) < 4.78 is 62.9. The van der Waals surface area contributed by atoms with E-state index in [0.29, 0.717) is 6.07 Å². The first-order valence-electron chi connectivity index (χ1n) is 4.65. The molecule has 1 aromatic rings. The molecular formula is C11H9F5O. The molecule has 0 N–H and O–H groups in total. The Morgan fingerprint density at radius 2 is 1.76 bits per heavy atom. The van der Waals surface area contributed by atoms with Crippen LogP contribution in [0.3, 0.4) is 0 Å². The first-order chi connectivity index (χ1) is 7.64. The molecule has 0 aliphatic carbocycles. The first kappa shape index (κ1) is 13.6. The van der Waals surface area contributed by atoms with Gasteiger partial charge in [0.1, 0.15) is 0 Å². The van der Waals surface area contributed by atoms with E-state index < -0.39 is 29.5 Å². The van der Waals surface area contributed by atoms with Crippen molar-refractivity contribution in [1.82, 2.24) is 0 Å². The van der Waals surface area contributed by atoms with E-state index in [2.05, 4.69) is 0 Å². The number of alkyl halides is 5. The van der Waals surface area contributed by atoms with Crippen molar-refractivity contribution in [2.45, 2.75) is 26.4 Å². The van der Waals surface area contributed by atoms with Gasteiger partial charge in [-0.05, 0) is 31.5 Å². The van der Waals surface area contributed by atoms with E-state index in [1.165, 1.54) is 0 Å². The van der Waals surface area contributed by atoms with E-state index in [1.54, 1.807) is 0 Å². The lowest BCUT2D eigenvalue weighted by Crippen LogP contribution is -2.13. The smallest absolute Gasteiger partial charge is 0.295 e. The SMILES string of the molecule is CC(=O)c1cc(C)c(C(F)(F)F)c(C(F)F)c1. The van der Waals surface area contributed by atoms with E-state index in [4.69, 9.17) is 0 Å². The third-order valence-corrected chi connectivity index (χ3v) is 2.29. The van der Waals surface area contributed by atoms with Gasteiger partial charge in [0.05, 0.1) is 5.56 Å². The van der Waals surface area contributed by atoms with E-state index >= 15 is 0 Å². The van der Waals surface area contributed by atoms with Gasteiger partial charge in [0.2, 0.25) is 0 Å². The van der Waals surface area contributed by atoms with Crippen LogP contribution in [0.15, 0.2) is 12.1 Å². The lowest BCUT2D eigenvalue weighted by Gasteiger charge is -2.16. The highest BCUT2D eigenvalue weighted by atomic mass is 19.4. The molecular weight excluding hydrogens is 243 g/mol. The van der Waals surface area contributed by atoms with Crippen LogP contribution in [0.25, 0.3) is 0 Å². The van der Waals surface area contributed by atoms with Gasteiger partial charge in [0.25, 0.3) is 6.43 Å². The van der Waals surface area contributed by atoms with E-state index in [9.17, 15) is 26.7 Å². The van der Waals surface area contributed by atoms with Crippen LogP contribution in [0, 0.1) is 6.92 Å². The Kier molecular flexibility index (Phi) is 3.54. The number of rotatable bonds is 2. The zero-order chi connectivity index (χ0) is 13.4. The van der Waals surface area contributed by atoms with Crippen LogP contribution in [0.5, 0.6) is 0 Å². The number of ketones is 1. The summed E-state index contributed by atoms with van der Waals surface area (Å²) in [6.07, 6.45) is -8.13. The fourth-order valence-corrected chi connectivity index (χ4v) is 1.58. The molecule has 0 spiro atoms. The second kappa shape index (κ2) is 4.43. The van der Waals surface area contributed by atoms with Gasteiger partial charge in [-0.1, -0.05) is 0 Å². The van der Waals surface area contributed by atoms with Crippen LogP contribution in [-0.4, -0.2) is 5.78 Å². The zero-order valence-electron chi connectivity index (χ0n) is 9.03. The van der Waals surface area contributed by atoms with Gasteiger partial charge in [0.15, 0.2) is 5.78 Å². The minimum atomic E-state index is -4.86. The number of carbonyl (C=O) groups excluding carboxylic acids is 1. The summed E-state index contributed by atoms with van der Waals surface area (Å²) in [7, 11) is 0. The molecule has 0 amide bonds. The first-order valence-corrected chi connectivity index (χ1v) is 4.65. The van der Waals surface area contributed by atoms with Crippen molar-refractivity contribution in [2.75, 3.05) is 0 Å². The number of benzene rings is 1.